The molecule has 2 aromatic rings. The molecule has 130 valence electrons. The van der Waals surface area contributed by atoms with Crippen molar-refractivity contribution >= 4 is 11.9 Å². The van der Waals surface area contributed by atoms with E-state index in [0.717, 1.165) is 11.1 Å². The van der Waals surface area contributed by atoms with Gasteiger partial charge in [-0.05, 0) is 29.7 Å². The van der Waals surface area contributed by atoms with Crippen LogP contribution in [0.2, 0.25) is 0 Å². The van der Waals surface area contributed by atoms with Crippen LogP contribution in [0.3, 0.4) is 0 Å². The topological polar surface area (TPSA) is 66.8 Å². The van der Waals surface area contributed by atoms with Crippen molar-refractivity contribution < 1.29 is 19.4 Å². The number of likely N-dealkylation sites (tertiary alicyclic amines) is 1. The summed E-state index contributed by atoms with van der Waals surface area (Å²) in [6.07, 6.45) is 0.742. The minimum atomic E-state index is -0.934. The lowest BCUT2D eigenvalue weighted by atomic mass is 9.93. The number of methoxy groups -OCH3 is 1. The lowest BCUT2D eigenvalue weighted by Crippen LogP contribution is -2.32. The fourth-order valence-electron chi connectivity index (χ4n) is 3.38. The fourth-order valence-corrected chi connectivity index (χ4v) is 3.38. The first kappa shape index (κ1) is 17.0. The number of hydrogen-bond acceptors (Lipinski definition) is 3. The van der Waals surface area contributed by atoms with Gasteiger partial charge in [0.1, 0.15) is 5.75 Å². The first-order valence-corrected chi connectivity index (χ1v) is 8.30. The Morgan fingerprint density at radius 3 is 2.44 bits per heavy atom. The molecule has 5 nitrogen and oxygen atoms in total. The van der Waals surface area contributed by atoms with Gasteiger partial charge in [0.2, 0.25) is 5.91 Å². The normalized spacial score (nSPS) is 19.9. The predicted octanol–water partition coefficient (Wildman–Crippen LogP) is 2.91. The van der Waals surface area contributed by atoms with Crippen molar-refractivity contribution in [2.75, 3.05) is 13.7 Å². The molecule has 1 heterocycles. The van der Waals surface area contributed by atoms with Crippen molar-refractivity contribution in [3.8, 4) is 5.75 Å². The van der Waals surface area contributed by atoms with Crippen LogP contribution in [0.1, 0.15) is 23.6 Å². The summed E-state index contributed by atoms with van der Waals surface area (Å²) in [5.41, 5.74) is 1.95. The highest BCUT2D eigenvalue weighted by atomic mass is 16.5. The predicted molar refractivity (Wildman–Crippen MR) is 93.3 cm³/mol. The first-order valence-electron chi connectivity index (χ1n) is 8.30. The van der Waals surface area contributed by atoms with Crippen LogP contribution >= 0.6 is 0 Å². The number of carboxylic acids is 1. The van der Waals surface area contributed by atoms with Gasteiger partial charge in [0.25, 0.3) is 0 Å². The van der Waals surface area contributed by atoms with Crippen LogP contribution in [0.5, 0.6) is 5.75 Å². The van der Waals surface area contributed by atoms with E-state index in [1.807, 2.05) is 42.5 Å². The molecule has 3 rings (SSSR count). The van der Waals surface area contributed by atoms with Gasteiger partial charge in [0.05, 0.1) is 19.1 Å². The number of carbonyl (C=O) groups excluding carboxylic acids is 1. The van der Waals surface area contributed by atoms with Gasteiger partial charge in [-0.2, -0.15) is 0 Å². The van der Waals surface area contributed by atoms with Crippen LogP contribution in [-0.4, -0.2) is 35.5 Å². The van der Waals surface area contributed by atoms with Crippen LogP contribution in [0.4, 0.5) is 0 Å². The number of carboxylic acid groups (broad SMARTS) is 1. The molecular weight excluding hydrogens is 318 g/mol. The van der Waals surface area contributed by atoms with Gasteiger partial charge in [0, 0.05) is 13.0 Å². The number of amides is 1. The van der Waals surface area contributed by atoms with Gasteiger partial charge in [-0.1, -0.05) is 42.5 Å². The van der Waals surface area contributed by atoms with E-state index >= 15 is 0 Å². The third-order valence-corrected chi connectivity index (χ3v) is 4.69. The molecule has 1 amide bonds. The summed E-state index contributed by atoms with van der Waals surface area (Å²) in [4.78, 5) is 25.8. The zero-order valence-electron chi connectivity index (χ0n) is 14.1. The Morgan fingerprint density at radius 1 is 1.16 bits per heavy atom. The summed E-state index contributed by atoms with van der Waals surface area (Å²) in [6, 6.07) is 16.7. The molecule has 2 aromatic carbocycles. The molecule has 1 N–H and O–H groups in total. The molecule has 5 heteroatoms. The third-order valence-electron chi connectivity index (χ3n) is 4.69. The molecule has 0 radical (unpaired) electrons. The molecule has 0 saturated carbocycles. The van der Waals surface area contributed by atoms with Crippen molar-refractivity contribution in [1.29, 1.82) is 0 Å². The molecule has 1 saturated heterocycles. The van der Waals surface area contributed by atoms with E-state index in [2.05, 4.69) is 0 Å². The van der Waals surface area contributed by atoms with Crippen molar-refractivity contribution in [2.45, 2.75) is 18.9 Å². The van der Waals surface area contributed by atoms with Crippen LogP contribution < -0.4 is 4.74 Å². The van der Waals surface area contributed by atoms with Gasteiger partial charge < -0.3 is 14.7 Å². The Bertz CT molecular complexity index is 742. The van der Waals surface area contributed by atoms with E-state index in [4.69, 9.17) is 4.74 Å². The Labute approximate surface area is 146 Å². The summed E-state index contributed by atoms with van der Waals surface area (Å²) < 4.78 is 5.16. The van der Waals surface area contributed by atoms with Gasteiger partial charge in [-0.15, -0.1) is 0 Å². The average Bonchev–Trinajstić information content (AvgIpc) is 2.97. The lowest BCUT2D eigenvalue weighted by Gasteiger charge is -2.27. The summed E-state index contributed by atoms with van der Waals surface area (Å²) in [7, 11) is 1.58. The lowest BCUT2D eigenvalue weighted by molar-refractivity contribution is -0.142. The molecule has 25 heavy (non-hydrogen) atoms. The quantitative estimate of drug-likeness (QED) is 0.879. The van der Waals surface area contributed by atoms with Crippen LogP contribution in [0, 0.1) is 5.92 Å². The molecule has 1 fully saturated rings. The van der Waals surface area contributed by atoms with Crippen LogP contribution in [0.25, 0.3) is 0 Å². The second-order valence-electron chi connectivity index (χ2n) is 6.19. The van der Waals surface area contributed by atoms with E-state index in [0.29, 0.717) is 18.7 Å². The largest absolute Gasteiger partial charge is 0.497 e. The van der Waals surface area contributed by atoms with Gasteiger partial charge in [-0.25, -0.2) is 0 Å². The Morgan fingerprint density at radius 2 is 1.84 bits per heavy atom. The highest BCUT2D eigenvalue weighted by Gasteiger charge is 2.44. The molecule has 0 bridgehead atoms. The highest BCUT2D eigenvalue weighted by molar-refractivity contribution is 5.87. The Hall–Kier alpha value is -2.82. The van der Waals surface area contributed by atoms with Crippen molar-refractivity contribution in [3.63, 3.8) is 0 Å². The molecule has 1 aliphatic heterocycles. The van der Waals surface area contributed by atoms with Crippen LogP contribution in [0.15, 0.2) is 54.6 Å². The van der Waals surface area contributed by atoms with Crippen molar-refractivity contribution in [2.24, 2.45) is 5.92 Å². The molecule has 0 spiro atoms. The average molecular weight is 339 g/mol. The van der Waals surface area contributed by atoms with E-state index < -0.39 is 17.9 Å². The summed E-state index contributed by atoms with van der Waals surface area (Å²) >= 11 is 0. The van der Waals surface area contributed by atoms with Crippen molar-refractivity contribution in [3.05, 3.63) is 65.7 Å². The molecule has 2 atom stereocenters. The molecule has 0 aromatic heterocycles. The number of ether oxygens (including phenoxy) is 1. The third kappa shape index (κ3) is 3.65. The number of hydrogen-bond donors (Lipinski definition) is 1. The monoisotopic (exact) mass is 339 g/mol. The van der Waals surface area contributed by atoms with E-state index in [1.165, 1.54) is 0 Å². The summed E-state index contributed by atoms with van der Waals surface area (Å²) in [6.45, 7) is 0.503. The maximum atomic E-state index is 12.5. The maximum absolute atomic E-state index is 12.5. The van der Waals surface area contributed by atoms with Gasteiger partial charge >= 0.3 is 5.97 Å². The van der Waals surface area contributed by atoms with Gasteiger partial charge in [0.15, 0.2) is 0 Å². The smallest absolute Gasteiger partial charge is 0.309 e. The van der Waals surface area contributed by atoms with Crippen molar-refractivity contribution in [1.82, 2.24) is 4.90 Å². The highest BCUT2D eigenvalue weighted by Crippen LogP contribution is 2.38. The minimum absolute atomic E-state index is 0.0425. The number of aliphatic carboxylic acids is 1. The van der Waals surface area contributed by atoms with Crippen LogP contribution in [-0.2, 0) is 16.0 Å². The Kier molecular flexibility index (Phi) is 5.03. The molecule has 1 aliphatic rings. The first-order chi connectivity index (χ1) is 12.1. The van der Waals surface area contributed by atoms with Gasteiger partial charge in [-0.3, -0.25) is 9.59 Å². The second-order valence-corrected chi connectivity index (χ2v) is 6.19. The summed E-state index contributed by atoms with van der Waals surface area (Å²) in [5.74, 6) is -1.06. The zero-order valence-corrected chi connectivity index (χ0v) is 14.1. The second kappa shape index (κ2) is 7.38. The molecule has 2 unspecified atom stereocenters. The zero-order chi connectivity index (χ0) is 17.8. The fraction of sp³-hybridized carbons (Fsp3) is 0.300. The summed E-state index contributed by atoms with van der Waals surface area (Å²) in [5, 5.41) is 9.56. The molecular formula is C20H21NO4. The number of benzene rings is 2. The number of rotatable bonds is 6. The number of nitrogens with zero attached hydrogens (tertiary/aromatic N) is 1. The van der Waals surface area contributed by atoms with E-state index in [9.17, 15) is 14.7 Å². The van der Waals surface area contributed by atoms with E-state index in [-0.39, 0.29) is 12.3 Å². The maximum Gasteiger partial charge on any atom is 0.309 e. The standard InChI is InChI=1S/C20H21NO4/c1-25-16-9-7-15(8-10-16)19-17(20(23)24)13-18(22)21(19)12-11-14-5-3-2-4-6-14/h2-10,17,19H,11-13H2,1H3,(H,23,24). The Balaban J connectivity index is 1.84. The van der Waals surface area contributed by atoms with E-state index in [1.54, 1.807) is 24.1 Å². The minimum Gasteiger partial charge on any atom is -0.497 e. The number of carbonyl (C=O) groups is 2. The SMILES string of the molecule is COc1ccc(C2C(C(=O)O)CC(=O)N2CCc2ccccc2)cc1. The molecule has 0 aliphatic carbocycles.